The molecule has 0 aliphatic heterocycles. The monoisotopic (exact) mass is 259 g/mol. The average molecular weight is 260 g/mol. The molecule has 0 saturated heterocycles. The third kappa shape index (κ3) is 2.96. The second-order valence-electron chi connectivity index (χ2n) is 6.85. The Hall–Kier alpha value is -0.240. The predicted molar refractivity (Wildman–Crippen MR) is 73.2 cm³/mol. The van der Waals surface area contributed by atoms with Gasteiger partial charge in [0.25, 0.3) is 0 Å². The fraction of sp³-hybridized carbons (Fsp3) is 0.929. The van der Waals surface area contributed by atoms with E-state index in [9.17, 15) is 4.79 Å². The van der Waals surface area contributed by atoms with Crippen molar-refractivity contribution in [3.63, 3.8) is 0 Å². The second-order valence-corrected chi connectivity index (χ2v) is 7.47. The van der Waals surface area contributed by atoms with Gasteiger partial charge in [-0.25, -0.2) is 0 Å². The van der Waals surface area contributed by atoms with Crippen molar-refractivity contribution in [3.8, 4) is 0 Å². The van der Waals surface area contributed by atoms with Crippen LogP contribution in [0, 0.1) is 22.7 Å². The maximum absolute atomic E-state index is 12.1. The van der Waals surface area contributed by atoms with Gasteiger partial charge in [0.2, 0.25) is 5.91 Å². The molecule has 1 saturated carbocycles. The number of rotatable bonds is 5. The molecular weight excluding hydrogens is 234 g/mol. The number of carbonyl (C=O) groups excluding carboxylic acids is 1. The Balaban J connectivity index is 2.38. The van der Waals surface area contributed by atoms with E-state index in [0.717, 1.165) is 6.42 Å². The minimum atomic E-state index is 0.0453. The summed E-state index contributed by atoms with van der Waals surface area (Å²) in [5.74, 6) is 0.857. The molecule has 1 unspecified atom stereocenters. The Labute approximate surface area is 110 Å². The van der Waals surface area contributed by atoms with Crippen molar-refractivity contribution in [2.75, 3.05) is 6.54 Å². The maximum Gasteiger partial charge on any atom is 0.224 e. The van der Waals surface area contributed by atoms with Crippen LogP contribution in [-0.4, -0.2) is 17.8 Å². The fourth-order valence-electron chi connectivity index (χ4n) is 2.76. The fourth-order valence-corrected chi connectivity index (χ4v) is 3.19. The quantitative estimate of drug-likeness (QED) is 0.753. The maximum atomic E-state index is 12.1. The van der Waals surface area contributed by atoms with Gasteiger partial charge < -0.3 is 5.32 Å². The smallest absolute Gasteiger partial charge is 0.224 e. The van der Waals surface area contributed by atoms with Crippen LogP contribution in [0.4, 0.5) is 0 Å². The van der Waals surface area contributed by atoms with Crippen LogP contribution in [-0.2, 0) is 4.79 Å². The van der Waals surface area contributed by atoms with Crippen LogP contribution in [0.3, 0.4) is 0 Å². The van der Waals surface area contributed by atoms with Crippen LogP contribution in [0.5, 0.6) is 0 Å². The summed E-state index contributed by atoms with van der Waals surface area (Å²) in [7, 11) is 0. The van der Waals surface area contributed by atoms with E-state index in [0.29, 0.717) is 12.5 Å². The zero-order chi connectivity index (χ0) is 13.4. The molecule has 0 heterocycles. The Bertz CT molecular complexity index is 283. The first-order valence-corrected chi connectivity index (χ1v) is 6.96. The van der Waals surface area contributed by atoms with Crippen molar-refractivity contribution in [1.82, 2.24) is 5.32 Å². The van der Waals surface area contributed by atoms with Gasteiger partial charge in [-0.3, -0.25) is 4.79 Å². The van der Waals surface area contributed by atoms with E-state index in [1.54, 1.807) is 0 Å². The van der Waals surface area contributed by atoms with Crippen LogP contribution in [0.15, 0.2) is 0 Å². The third-order valence-corrected chi connectivity index (χ3v) is 4.84. The van der Waals surface area contributed by atoms with E-state index in [1.165, 1.54) is 0 Å². The number of carbonyl (C=O) groups is 1. The minimum absolute atomic E-state index is 0.0453. The predicted octanol–water partition coefficient (Wildman–Crippen LogP) is 3.44. The number of hydrogen-bond donors (Lipinski definition) is 1. The van der Waals surface area contributed by atoms with Crippen LogP contribution in [0.1, 0.15) is 48.0 Å². The molecule has 1 fully saturated rings. The van der Waals surface area contributed by atoms with Gasteiger partial charge in [-0.15, -0.1) is 11.6 Å². The summed E-state index contributed by atoms with van der Waals surface area (Å²) in [4.78, 5) is 12.1. The summed E-state index contributed by atoms with van der Waals surface area (Å²) in [5, 5.41) is 3.04. The highest BCUT2D eigenvalue weighted by Crippen LogP contribution is 2.68. The lowest BCUT2D eigenvalue weighted by Gasteiger charge is -2.13. The molecule has 1 amide bonds. The van der Waals surface area contributed by atoms with Gasteiger partial charge in [0.1, 0.15) is 0 Å². The summed E-state index contributed by atoms with van der Waals surface area (Å²) in [6, 6.07) is 0. The highest BCUT2D eigenvalue weighted by atomic mass is 35.5. The molecular formula is C14H26ClNO. The summed E-state index contributed by atoms with van der Waals surface area (Å²) >= 11 is 6.17. The number of alkyl halides is 1. The molecule has 0 radical (unpaired) electrons. The van der Waals surface area contributed by atoms with Gasteiger partial charge >= 0.3 is 0 Å². The highest BCUT2D eigenvalue weighted by Gasteiger charge is 2.68. The first-order chi connectivity index (χ1) is 7.60. The first kappa shape index (κ1) is 14.8. The van der Waals surface area contributed by atoms with Crippen molar-refractivity contribution >= 4 is 17.5 Å². The normalized spacial score (nSPS) is 23.5. The highest BCUT2D eigenvalue weighted by molar-refractivity contribution is 6.20. The van der Waals surface area contributed by atoms with Crippen molar-refractivity contribution < 1.29 is 4.79 Å². The lowest BCUT2D eigenvalue weighted by atomic mass is 10.0. The van der Waals surface area contributed by atoms with Crippen molar-refractivity contribution in [1.29, 1.82) is 0 Å². The number of nitrogens with one attached hydrogen (secondary N) is 1. The van der Waals surface area contributed by atoms with Crippen LogP contribution in [0.25, 0.3) is 0 Å². The van der Waals surface area contributed by atoms with E-state index in [4.69, 9.17) is 11.6 Å². The molecule has 1 rings (SSSR count). The molecule has 1 aliphatic rings. The lowest BCUT2D eigenvalue weighted by molar-refractivity contribution is -0.123. The number of amides is 1. The van der Waals surface area contributed by atoms with E-state index in [-0.39, 0.29) is 28.0 Å². The van der Waals surface area contributed by atoms with E-state index < -0.39 is 0 Å². The van der Waals surface area contributed by atoms with Gasteiger partial charge in [-0.2, -0.15) is 0 Å². The number of hydrogen-bond acceptors (Lipinski definition) is 1. The van der Waals surface area contributed by atoms with Gasteiger partial charge in [0.05, 0.1) is 5.38 Å². The molecule has 2 nitrogen and oxygen atoms in total. The van der Waals surface area contributed by atoms with Gasteiger partial charge in [-0.05, 0) is 23.2 Å². The Morgan fingerprint density at radius 2 is 1.71 bits per heavy atom. The first-order valence-electron chi connectivity index (χ1n) is 6.52. The van der Waals surface area contributed by atoms with E-state index >= 15 is 0 Å². The average Bonchev–Trinajstić information content (AvgIpc) is 2.52. The topological polar surface area (TPSA) is 29.1 Å². The van der Waals surface area contributed by atoms with Gasteiger partial charge in [0.15, 0.2) is 0 Å². The summed E-state index contributed by atoms with van der Waals surface area (Å²) in [6.07, 6.45) is 0.944. The zero-order valence-corrected chi connectivity index (χ0v) is 12.7. The summed E-state index contributed by atoms with van der Waals surface area (Å²) in [6.45, 7) is 13.5. The van der Waals surface area contributed by atoms with E-state index in [2.05, 4.69) is 46.9 Å². The molecule has 3 heteroatoms. The molecule has 0 aromatic rings. The molecule has 0 aromatic heterocycles. The molecule has 0 bridgehead atoms. The zero-order valence-electron chi connectivity index (χ0n) is 11.9. The molecule has 100 valence electrons. The van der Waals surface area contributed by atoms with Crippen molar-refractivity contribution in [2.24, 2.45) is 22.7 Å². The molecule has 1 N–H and O–H groups in total. The third-order valence-electron chi connectivity index (χ3n) is 4.51. The Kier molecular flexibility index (Phi) is 4.18. The van der Waals surface area contributed by atoms with Crippen LogP contribution < -0.4 is 5.32 Å². The minimum Gasteiger partial charge on any atom is -0.354 e. The molecule has 1 aliphatic carbocycles. The summed E-state index contributed by atoms with van der Waals surface area (Å²) in [5.41, 5.74) is 0.216. The van der Waals surface area contributed by atoms with Crippen LogP contribution >= 0.6 is 11.6 Å². The van der Waals surface area contributed by atoms with Crippen molar-refractivity contribution in [2.45, 2.75) is 53.3 Å². The molecule has 17 heavy (non-hydrogen) atoms. The van der Waals surface area contributed by atoms with Gasteiger partial charge in [0, 0.05) is 12.5 Å². The standard InChI is InChI=1S/C14H26ClNO/c1-9(2)7-10(15)8-16-12(17)11-13(3,4)14(11,5)6/h9-11H,7-8H2,1-6H3,(H,16,17). The molecule has 0 aromatic carbocycles. The summed E-state index contributed by atoms with van der Waals surface area (Å²) < 4.78 is 0. The van der Waals surface area contributed by atoms with Gasteiger partial charge in [-0.1, -0.05) is 41.5 Å². The van der Waals surface area contributed by atoms with Crippen molar-refractivity contribution in [3.05, 3.63) is 0 Å². The molecule has 0 spiro atoms. The van der Waals surface area contributed by atoms with E-state index in [1.807, 2.05) is 0 Å². The SMILES string of the molecule is CC(C)CC(Cl)CNC(=O)C1C(C)(C)C1(C)C. The number of halogens is 1. The molecule has 1 atom stereocenters. The largest absolute Gasteiger partial charge is 0.354 e. The van der Waals surface area contributed by atoms with Crippen LogP contribution in [0.2, 0.25) is 0 Å². The second kappa shape index (κ2) is 4.79. The lowest BCUT2D eigenvalue weighted by Crippen LogP contribution is -2.33. The Morgan fingerprint density at radius 1 is 1.24 bits per heavy atom. The Morgan fingerprint density at radius 3 is 2.06 bits per heavy atom.